The molecule has 0 fully saturated rings. The van der Waals surface area contributed by atoms with Crippen LogP contribution in [0.15, 0.2) is 17.5 Å². The Bertz CT molecular complexity index is 387. The summed E-state index contributed by atoms with van der Waals surface area (Å²) in [6.07, 6.45) is 0.641. The minimum absolute atomic E-state index is 0.0522. The third kappa shape index (κ3) is 4.49. The van der Waals surface area contributed by atoms with Gasteiger partial charge in [0.25, 0.3) is 0 Å². The topological polar surface area (TPSA) is 46.6 Å². The zero-order chi connectivity index (χ0) is 13.5. The van der Waals surface area contributed by atoms with Crippen LogP contribution in [-0.2, 0) is 20.7 Å². The number of carbonyl (C=O) groups excluding carboxylic acids is 2. The van der Waals surface area contributed by atoms with Crippen molar-refractivity contribution in [3.63, 3.8) is 0 Å². The molecule has 0 aliphatic heterocycles. The summed E-state index contributed by atoms with van der Waals surface area (Å²) in [5.41, 5.74) is 0. The fourth-order valence-electron chi connectivity index (χ4n) is 1.65. The summed E-state index contributed by atoms with van der Waals surface area (Å²) < 4.78 is 4.59. The minimum atomic E-state index is -0.287. The maximum absolute atomic E-state index is 12.1. The predicted octanol–water partition coefficient (Wildman–Crippen LogP) is 2.09. The highest BCUT2D eigenvalue weighted by atomic mass is 32.1. The maximum atomic E-state index is 12.1. The predicted molar refractivity (Wildman–Crippen MR) is 71.5 cm³/mol. The van der Waals surface area contributed by atoms with Gasteiger partial charge in [-0.1, -0.05) is 6.07 Å². The number of ether oxygens (including phenoxy) is 1. The van der Waals surface area contributed by atoms with Gasteiger partial charge in [0.2, 0.25) is 5.91 Å². The van der Waals surface area contributed by atoms with Gasteiger partial charge in [-0.05, 0) is 25.3 Å². The third-order valence-corrected chi connectivity index (χ3v) is 3.51. The van der Waals surface area contributed by atoms with Crippen molar-refractivity contribution in [2.45, 2.75) is 32.7 Å². The van der Waals surface area contributed by atoms with E-state index >= 15 is 0 Å². The normalized spacial score (nSPS) is 10.4. The van der Waals surface area contributed by atoms with Crippen molar-refractivity contribution in [1.29, 1.82) is 0 Å². The largest absolute Gasteiger partial charge is 0.469 e. The van der Waals surface area contributed by atoms with Crippen molar-refractivity contribution in [2.75, 3.05) is 13.7 Å². The quantitative estimate of drug-likeness (QED) is 0.743. The summed E-state index contributed by atoms with van der Waals surface area (Å²) in [5.74, 6) is -0.235. The molecule has 0 atom stereocenters. The number of amides is 1. The van der Waals surface area contributed by atoms with Crippen molar-refractivity contribution >= 4 is 23.2 Å². The van der Waals surface area contributed by atoms with E-state index in [9.17, 15) is 9.59 Å². The summed E-state index contributed by atoms with van der Waals surface area (Å²) in [4.78, 5) is 26.0. The monoisotopic (exact) mass is 269 g/mol. The van der Waals surface area contributed by atoms with Gasteiger partial charge < -0.3 is 9.64 Å². The highest BCUT2D eigenvalue weighted by molar-refractivity contribution is 7.10. The zero-order valence-electron chi connectivity index (χ0n) is 11.0. The zero-order valence-corrected chi connectivity index (χ0v) is 11.8. The molecule has 1 amide bonds. The first kappa shape index (κ1) is 14.7. The van der Waals surface area contributed by atoms with Crippen molar-refractivity contribution in [3.05, 3.63) is 22.4 Å². The van der Waals surface area contributed by atoms with E-state index in [2.05, 4.69) is 4.74 Å². The van der Waals surface area contributed by atoms with Crippen LogP contribution in [0.2, 0.25) is 0 Å². The summed E-state index contributed by atoms with van der Waals surface area (Å²) in [6, 6.07) is 3.96. The van der Waals surface area contributed by atoms with E-state index in [1.807, 2.05) is 31.4 Å². The number of hydrogen-bond donors (Lipinski definition) is 0. The second-order valence-electron chi connectivity index (χ2n) is 4.26. The average molecular weight is 269 g/mol. The first-order valence-electron chi connectivity index (χ1n) is 5.93. The van der Waals surface area contributed by atoms with E-state index in [0.29, 0.717) is 13.0 Å². The molecule has 0 aromatic carbocycles. The highest BCUT2D eigenvalue weighted by Crippen LogP contribution is 2.12. The van der Waals surface area contributed by atoms with Crippen molar-refractivity contribution in [2.24, 2.45) is 0 Å². The lowest BCUT2D eigenvalue weighted by Gasteiger charge is -2.26. The molecule has 0 aliphatic rings. The van der Waals surface area contributed by atoms with E-state index in [1.54, 1.807) is 16.2 Å². The lowest BCUT2D eigenvalue weighted by Crippen LogP contribution is -2.39. The number of thiophene rings is 1. The Balaban J connectivity index is 2.55. The molecule has 0 spiro atoms. The molecule has 1 aromatic rings. The van der Waals surface area contributed by atoms with Crippen LogP contribution in [0, 0.1) is 0 Å². The van der Waals surface area contributed by atoms with Crippen molar-refractivity contribution in [3.8, 4) is 0 Å². The molecule has 0 bridgehead atoms. The molecular weight excluding hydrogens is 250 g/mol. The number of rotatable bonds is 6. The lowest BCUT2D eigenvalue weighted by molar-refractivity contribution is -0.142. The molecule has 0 N–H and O–H groups in total. The van der Waals surface area contributed by atoms with Crippen LogP contribution in [0.4, 0.5) is 0 Å². The van der Waals surface area contributed by atoms with Gasteiger partial charge in [-0.2, -0.15) is 0 Å². The molecule has 0 radical (unpaired) electrons. The van der Waals surface area contributed by atoms with E-state index in [-0.39, 0.29) is 24.3 Å². The molecular formula is C13H19NO3S. The Morgan fingerprint density at radius 2 is 2.17 bits per heavy atom. The molecule has 0 saturated carbocycles. The van der Waals surface area contributed by atoms with E-state index in [1.165, 1.54) is 7.11 Å². The summed E-state index contributed by atoms with van der Waals surface area (Å²) in [5, 5.41) is 1.96. The second-order valence-corrected chi connectivity index (χ2v) is 5.30. The Kier molecular flexibility index (Phi) is 5.85. The molecule has 4 nitrogen and oxygen atoms in total. The van der Waals surface area contributed by atoms with Crippen LogP contribution < -0.4 is 0 Å². The van der Waals surface area contributed by atoms with Gasteiger partial charge in [0, 0.05) is 17.5 Å². The standard InChI is InChI=1S/C13H19NO3S/c1-10(2)14(7-6-13(16)17-3)12(15)9-11-5-4-8-18-11/h4-5,8,10H,6-7,9H2,1-3H3. The Labute approximate surface area is 112 Å². The van der Waals surface area contributed by atoms with Gasteiger partial charge >= 0.3 is 5.97 Å². The Morgan fingerprint density at radius 3 is 2.67 bits per heavy atom. The van der Waals surface area contributed by atoms with Crippen LogP contribution in [0.3, 0.4) is 0 Å². The van der Waals surface area contributed by atoms with E-state index in [0.717, 1.165) is 4.88 Å². The Morgan fingerprint density at radius 1 is 1.44 bits per heavy atom. The molecule has 0 saturated heterocycles. The fourth-order valence-corrected chi connectivity index (χ4v) is 2.34. The van der Waals surface area contributed by atoms with Crippen molar-refractivity contribution in [1.82, 2.24) is 4.90 Å². The van der Waals surface area contributed by atoms with Crippen molar-refractivity contribution < 1.29 is 14.3 Å². The molecule has 1 heterocycles. The highest BCUT2D eigenvalue weighted by Gasteiger charge is 2.18. The number of carbonyl (C=O) groups is 2. The number of methoxy groups -OCH3 is 1. The molecule has 1 aromatic heterocycles. The minimum Gasteiger partial charge on any atom is -0.469 e. The second kappa shape index (κ2) is 7.16. The van der Waals surface area contributed by atoms with E-state index in [4.69, 9.17) is 0 Å². The molecule has 100 valence electrons. The Hall–Kier alpha value is -1.36. The van der Waals surface area contributed by atoms with Gasteiger partial charge in [-0.3, -0.25) is 9.59 Å². The smallest absolute Gasteiger partial charge is 0.307 e. The van der Waals surface area contributed by atoms with Crippen LogP contribution in [-0.4, -0.2) is 36.5 Å². The third-order valence-electron chi connectivity index (χ3n) is 2.63. The first-order valence-corrected chi connectivity index (χ1v) is 6.81. The van der Waals surface area contributed by atoms with Gasteiger partial charge in [0.15, 0.2) is 0 Å². The SMILES string of the molecule is COC(=O)CCN(C(=O)Cc1cccs1)C(C)C. The number of esters is 1. The van der Waals surface area contributed by atoms with Gasteiger partial charge in [0.1, 0.15) is 0 Å². The fraction of sp³-hybridized carbons (Fsp3) is 0.538. The molecule has 1 rings (SSSR count). The maximum Gasteiger partial charge on any atom is 0.307 e. The van der Waals surface area contributed by atoms with Gasteiger partial charge in [0.05, 0.1) is 20.0 Å². The number of nitrogens with zero attached hydrogens (tertiary/aromatic N) is 1. The summed E-state index contributed by atoms with van der Waals surface area (Å²) in [7, 11) is 1.36. The average Bonchev–Trinajstić information content (AvgIpc) is 2.81. The van der Waals surface area contributed by atoms with Gasteiger partial charge in [-0.25, -0.2) is 0 Å². The van der Waals surface area contributed by atoms with Crippen LogP contribution >= 0.6 is 11.3 Å². The van der Waals surface area contributed by atoms with Crippen LogP contribution in [0.25, 0.3) is 0 Å². The first-order chi connectivity index (χ1) is 8.54. The van der Waals surface area contributed by atoms with Crippen LogP contribution in [0.5, 0.6) is 0 Å². The lowest BCUT2D eigenvalue weighted by atomic mass is 10.2. The van der Waals surface area contributed by atoms with Gasteiger partial charge in [-0.15, -0.1) is 11.3 Å². The molecule has 0 unspecified atom stereocenters. The molecule has 0 aliphatic carbocycles. The summed E-state index contributed by atoms with van der Waals surface area (Å²) in [6.45, 7) is 4.31. The summed E-state index contributed by atoms with van der Waals surface area (Å²) >= 11 is 1.57. The van der Waals surface area contributed by atoms with E-state index < -0.39 is 0 Å². The molecule has 5 heteroatoms. The molecule has 18 heavy (non-hydrogen) atoms. The number of hydrogen-bond acceptors (Lipinski definition) is 4. The van der Waals surface area contributed by atoms with Crippen LogP contribution in [0.1, 0.15) is 25.1 Å².